The zero-order chi connectivity index (χ0) is 20.9. The molecule has 3 heterocycles. The van der Waals surface area contributed by atoms with Crippen LogP contribution in [0, 0.1) is 0 Å². The minimum atomic E-state index is -0.584. The second-order valence-corrected chi connectivity index (χ2v) is 7.13. The van der Waals surface area contributed by atoms with Crippen LogP contribution in [-0.2, 0) is 25.4 Å². The minimum absolute atomic E-state index is 0.271. The number of benzene rings is 1. The topological polar surface area (TPSA) is 95.3 Å². The maximum atomic E-state index is 12.9. The Morgan fingerprint density at radius 3 is 2.69 bits per heavy atom. The van der Waals surface area contributed by atoms with Crippen LogP contribution < -0.4 is 11.2 Å². The maximum absolute atomic E-state index is 12.9. The van der Waals surface area contributed by atoms with Crippen LogP contribution in [0.1, 0.15) is 18.7 Å². The predicted molar refractivity (Wildman–Crippen MR) is 108 cm³/mol. The van der Waals surface area contributed by atoms with Crippen LogP contribution in [0.5, 0.6) is 0 Å². The number of carbonyl (C=O) groups excluding carboxylic acids is 1. The van der Waals surface area contributed by atoms with Gasteiger partial charge >= 0.3 is 5.69 Å². The lowest BCUT2D eigenvalue weighted by Crippen LogP contribution is -2.44. The van der Waals surface area contributed by atoms with E-state index in [1.807, 2.05) is 37.3 Å². The molecule has 0 saturated heterocycles. The van der Waals surface area contributed by atoms with E-state index in [4.69, 9.17) is 4.42 Å². The summed E-state index contributed by atoms with van der Waals surface area (Å²) in [6.07, 6.45) is 1.47. The van der Waals surface area contributed by atoms with E-state index in [2.05, 4.69) is 4.98 Å². The summed E-state index contributed by atoms with van der Waals surface area (Å²) in [4.78, 5) is 43.8. The number of hydrogen-bond donors (Lipinski definition) is 0. The van der Waals surface area contributed by atoms with Crippen molar-refractivity contribution >= 4 is 28.0 Å². The van der Waals surface area contributed by atoms with Gasteiger partial charge in [0.2, 0.25) is 5.91 Å². The molecule has 0 spiro atoms. The number of furan rings is 1. The zero-order valence-electron chi connectivity index (χ0n) is 16.6. The number of rotatable bonds is 4. The first-order chi connectivity index (χ1) is 13.8. The molecule has 150 valence electrons. The lowest BCUT2D eigenvalue weighted by atomic mass is 10.2. The summed E-state index contributed by atoms with van der Waals surface area (Å²) in [7, 11) is 4.82. The number of carbonyl (C=O) groups is 1. The number of imidazole rings is 1. The van der Waals surface area contributed by atoms with Crippen molar-refractivity contribution in [2.24, 2.45) is 14.1 Å². The first-order valence-electron chi connectivity index (χ1n) is 9.14. The molecule has 1 unspecified atom stereocenters. The Hall–Kier alpha value is -3.62. The molecule has 9 heteroatoms. The molecular weight excluding hydrogens is 374 g/mol. The monoisotopic (exact) mass is 395 g/mol. The molecule has 29 heavy (non-hydrogen) atoms. The minimum Gasteiger partial charge on any atom is -0.459 e. The molecule has 4 rings (SSSR count). The van der Waals surface area contributed by atoms with Gasteiger partial charge in [-0.3, -0.25) is 14.2 Å². The Morgan fingerprint density at radius 1 is 1.24 bits per heavy atom. The molecule has 3 aromatic heterocycles. The van der Waals surface area contributed by atoms with Crippen LogP contribution in [0.2, 0.25) is 0 Å². The molecule has 0 fully saturated rings. The van der Waals surface area contributed by atoms with Gasteiger partial charge in [0.25, 0.3) is 5.56 Å². The molecule has 1 atom stereocenters. The Balaban J connectivity index is 1.66. The number of nitrogens with zero attached hydrogens (tertiary/aromatic N) is 5. The molecule has 0 N–H and O–H groups in total. The molecule has 0 aliphatic carbocycles. The highest BCUT2D eigenvalue weighted by molar-refractivity contribution is 5.79. The molecular formula is C20H21N5O4. The molecule has 0 bridgehead atoms. The number of aromatic nitrogens is 4. The smallest absolute Gasteiger partial charge is 0.332 e. The average molecular weight is 395 g/mol. The van der Waals surface area contributed by atoms with Crippen LogP contribution in [-0.4, -0.2) is 36.5 Å². The number of aryl methyl sites for hydroxylation is 2. The molecule has 0 saturated carbocycles. The van der Waals surface area contributed by atoms with Gasteiger partial charge in [-0.15, -0.1) is 0 Å². The fraction of sp³-hybridized carbons (Fsp3) is 0.300. The quantitative estimate of drug-likeness (QED) is 0.521. The van der Waals surface area contributed by atoms with Gasteiger partial charge in [0, 0.05) is 26.5 Å². The Bertz CT molecular complexity index is 1320. The highest BCUT2D eigenvalue weighted by Gasteiger charge is 2.23. The van der Waals surface area contributed by atoms with Crippen LogP contribution in [0.4, 0.5) is 0 Å². The highest BCUT2D eigenvalue weighted by atomic mass is 16.3. The molecule has 0 aliphatic rings. The van der Waals surface area contributed by atoms with Crippen molar-refractivity contribution in [1.82, 2.24) is 23.6 Å². The third-order valence-corrected chi connectivity index (χ3v) is 5.33. The van der Waals surface area contributed by atoms with E-state index in [1.165, 1.54) is 22.8 Å². The van der Waals surface area contributed by atoms with Gasteiger partial charge in [-0.25, -0.2) is 14.3 Å². The third kappa shape index (κ3) is 2.95. The third-order valence-electron chi connectivity index (χ3n) is 5.33. The van der Waals surface area contributed by atoms with E-state index in [0.717, 1.165) is 15.5 Å². The summed E-state index contributed by atoms with van der Waals surface area (Å²) >= 11 is 0. The van der Waals surface area contributed by atoms with Crippen molar-refractivity contribution in [3.05, 3.63) is 63.3 Å². The largest absolute Gasteiger partial charge is 0.459 e. The Morgan fingerprint density at radius 2 is 1.97 bits per heavy atom. The second kappa shape index (κ2) is 6.77. The first-order valence-corrected chi connectivity index (χ1v) is 9.14. The van der Waals surface area contributed by atoms with Crippen molar-refractivity contribution in [3.8, 4) is 0 Å². The highest BCUT2D eigenvalue weighted by Crippen LogP contribution is 2.26. The Kier molecular flexibility index (Phi) is 4.37. The molecule has 0 aliphatic heterocycles. The summed E-state index contributed by atoms with van der Waals surface area (Å²) < 4.78 is 9.59. The van der Waals surface area contributed by atoms with Crippen LogP contribution in [0.15, 0.2) is 50.7 Å². The fourth-order valence-electron chi connectivity index (χ4n) is 3.40. The second-order valence-electron chi connectivity index (χ2n) is 7.13. The van der Waals surface area contributed by atoms with Gasteiger partial charge in [0.1, 0.15) is 17.9 Å². The van der Waals surface area contributed by atoms with Crippen molar-refractivity contribution < 1.29 is 9.21 Å². The van der Waals surface area contributed by atoms with E-state index < -0.39 is 11.2 Å². The van der Waals surface area contributed by atoms with Crippen molar-refractivity contribution in [2.45, 2.75) is 19.5 Å². The van der Waals surface area contributed by atoms with Crippen LogP contribution in [0.3, 0.4) is 0 Å². The van der Waals surface area contributed by atoms with Crippen LogP contribution >= 0.6 is 0 Å². The summed E-state index contributed by atoms with van der Waals surface area (Å²) in [5.41, 5.74) is 0.172. The summed E-state index contributed by atoms with van der Waals surface area (Å²) in [5.74, 6) is 0.253. The predicted octanol–water partition coefficient (Wildman–Crippen LogP) is 1.40. The number of para-hydroxylation sites is 1. The van der Waals surface area contributed by atoms with Crippen LogP contribution in [0.25, 0.3) is 22.1 Å². The van der Waals surface area contributed by atoms with E-state index in [0.29, 0.717) is 5.76 Å². The maximum Gasteiger partial charge on any atom is 0.332 e. The SMILES string of the molecule is CC(c1cc2ccccc2o1)N(C)C(=O)Cn1c(=O)c2c(ncn2C)n(C)c1=O. The van der Waals surface area contributed by atoms with Gasteiger partial charge in [0.05, 0.1) is 12.4 Å². The zero-order valence-corrected chi connectivity index (χ0v) is 16.6. The summed E-state index contributed by atoms with van der Waals surface area (Å²) in [6, 6.07) is 9.11. The number of hydrogen-bond acceptors (Lipinski definition) is 5. The first kappa shape index (κ1) is 18.7. The fourth-order valence-corrected chi connectivity index (χ4v) is 3.40. The summed E-state index contributed by atoms with van der Waals surface area (Å²) in [6.45, 7) is 1.47. The summed E-state index contributed by atoms with van der Waals surface area (Å²) in [5, 5.41) is 0.946. The van der Waals surface area contributed by atoms with Gasteiger partial charge in [-0.05, 0) is 19.1 Å². The Labute approximate surface area is 165 Å². The lowest BCUT2D eigenvalue weighted by molar-refractivity contribution is -0.132. The van der Waals surface area contributed by atoms with E-state index >= 15 is 0 Å². The van der Waals surface area contributed by atoms with Crippen molar-refractivity contribution in [3.63, 3.8) is 0 Å². The van der Waals surface area contributed by atoms with Gasteiger partial charge in [-0.2, -0.15) is 0 Å². The van der Waals surface area contributed by atoms with E-state index in [-0.39, 0.29) is 29.7 Å². The van der Waals surface area contributed by atoms with Gasteiger partial charge < -0.3 is 13.9 Å². The number of likely N-dealkylation sites (N-methyl/N-ethyl adjacent to an activating group) is 1. The normalized spacial score (nSPS) is 12.6. The molecule has 1 aromatic carbocycles. The van der Waals surface area contributed by atoms with E-state index in [9.17, 15) is 14.4 Å². The standard InChI is InChI=1S/C20H21N5O4/c1-12(15-9-13-7-5-6-8-14(13)29-15)23(3)16(26)10-25-19(27)17-18(21-11-22(17)2)24(4)20(25)28/h5-9,11-12H,10H2,1-4H3. The van der Waals surface area contributed by atoms with Crippen molar-refractivity contribution in [1.29, 1.82) is 0 Å². The molecule has 0 radical (unpaired) electrons. The lowest BCUT2D eigenvalue weighted by Gasteiger charge is -2.23. The number of amides is 1. The molecule has 4 aromatic rings. The molecule has 9 nitrogen and oxygen atoms in total. The average Bonchev–Trinajstić information content (AvgIpc) is 3.32. The molecule has 1 amide bonds. The van der Waals surface area contributed by atoms with Crippen molar-refractivity contribution in [2.75, 3.05) is 7.05 Å². The van der Waals surface area contributed by atoms with Gasteiger partial charge in [-0.1, -0.05) is 18.2 Å². The number of fused-ring (bicyclic) bond motifs is 2. The van der Waals surface area contributed by atoms with Gasteiger partial charge in [0.15, 0.2) is 11.2 Å². The van der Waals surface area contributed by atoms with E-state index in [1.54, 1.807) is 18.7 Å².